The number of para-hydroxylation sites is 4. The molecule has 0 radical (unpaired) electrons. The number of hydrazine groups is 1. The van der Waals surface area contributed by atoms with Crippen LogP contribution in [0.25, 0.3) is 0 Å². The maximum atomic E-state index is 2.56. The number of unbranched alkanes of at least 4 members (excludes halogenated alkanes) is 12. The molecular weight excluding hydrogens is 621 g/mol. The van der Waals surface area contributed by atoms with Gasteiger partial charge in [-0.25, -0.2) is 0 Å². The van der Waals surface area contributed by atoms with E-state index in [1.165, 1.54) is 106 Å². The minimum Gasteiger partial charge on any atom is -0.371 e. The van der Waals surface area contributed by atoms with Crippen molar-refractivity contribution >= 4 is 22.7 Å². The Kier molecular flexibility index (Phi) is 19.6. The first kappa shape index (κ1) is 39.9. The summed E-state index contributed by atoms with van der Waals surface area (Å²) < 4.78 is 0. The van der Waals surface area contributed by atoms with E-state index in [4.69, 9.17) is 0 Å². The SMILES string of the molecule is CCCCCCCCCCCCCCC.c1ccc(N2CCCN(c3ccccc3)CCN(c3ccccc3)N(c3ccccc3)CCC2)cc1. The van der Waals surface area contributed by atoms with Gasteiger partial charge in [0.05, 0.1) is 17.9 Å². The minimum absolute atomic E-state index is 0.913. The molecule has 4 aromatic rings. The highest BCUT2D eigenvalue weighted by atomic mass is 15.6. The van der Waals surface area contributed by atoms with Crippen LogP contribution in [0.3, 0.4) is 0 Å². The molecule has 276 valence electrons. The summed E-state index contributed by atoms with van der Waals surface area (Å²) in [6, 6.07) is 43.4. The normalized spacial score (nSPS) is 14.3. The maximum absolute atomic E-state index is 2.56. The van der Waals surface area contributed by atoms with Gasteiger partial charge >= 0.3 is 0 Å². The van der Waals surface area contributed by atoms with Gasteiger partial charge in [0, 0.05) is 44.1 Å². The van der Waals surface area contributed by atoms with E-state index >= 15 is 0 Å². The van der Waals surface area contributed by atoms with Crippen molar-refractivity contribution in [2.75, 3.05) is 59.1 Å². The summed E-state index contributed by atoms with van der Waals surface area (Å²) in [5.74, 6) is 0. The quantitative estimate of drug-likeness (QED) is 0.109. The molecule has 0 spiro atoms. The lowest BCUT2D eigenvalue weighted by Crippen LogP contribution is -2.49. The molecule has 1 aliphatic rings. The van der Waals surface area contributed by atoms with Crippen LogP contribution < -0.4 is 19.8 Å². The first-order valence-corrected chi connectivity index (χ1v) is 20.5. The van der Waals surface area contributed by atoms with Crippen LogP contribution in [0.4, 0.5) is 22.7 Å². The Balaban J connectivity index is 0.000000330. The van der Waals surface area contributed by atoms with E-state index < -0.39 is 0 Å². The van der Waals surface area contributed by atoms with Crippen LogP contribution in [-0.2, 0) is 0 Å². The third kappa shape index (κ3) is 15.1. The van der Waals surface area contributed by atoms with Crippen molar-refractivity contribution in [2.24, 2.45) is 0 Å². The van der Waals surface area contributed by atoms with Crippen LogP contribution in [-0.4, -0.2) is 39.3 Å². The fourth-order valence-corrected chi connectivity index (χ4v) is 7.17. The van der Waals surface area contributed by atoms with Crippen LogP contribution in [0.2, 0.25) is 0 Å². The van der Waals surface area contributed by atoms with E-state index in [2.05, 4.69) is 155 Å². The fourth-order valence-electron chi connectivity index (χ4n) is 7.17. The molecule has 0 saturated carbocycles. The van der Waals surface area contributed by atoms with Gasteiger partial charge < -0.3 is 9.80 Å². The molecule has 51 heavy (non-hydrogen) atoms. The van der Waals surface area contributed by atoms with Gasteiger partial charge in [-0.05, 0) is 61.4 Å². The molecule has 0 aromatic heterocycles. The van der Waals surface area contributed by atoms with Crippen molar-refractivity contribution in [3.8, 4) is 0 Å². The van der Waals surface area contributed by atoms with Gasteiger partial charge in [-0.3, -0.25) is 10.0 Å². The molecule has 0 amide bonds. The standard InChI is InChI=1S/C32H36N4.C15H32/c1-5-15-29(16-6-1)33-23-13-24-34(30-17-7-2-8-18-30)27-28-36(32-21-11-4-12-22-32)35(26-14-25-33)31-19-9-3-10-20-31;1-3-5-7-9-11-13-15-14-12-10-8-6-4-2/h1-12,15-22H,13-14,23-28H2;3-15H2,1-2H3. The molecular formula is C47H68N4. The highest BCUT2D eigenvalue weighted by molar-refractivity contribution is 5.58. The van der Waals surface area contributed by atoms with Crippen LogP contribution in [0.1, 0.15) is 110 Å². The monoisotopic (exact) mass is 689 g/mol. The van der Waals surface area contributed by atoms with Crippen LogP contribution in [0.5, 0.6) is 0 Å². The number of hydrogen-bond donors (Lipinski definition) is 0. The van der Waals surface area contributed by atoms with Crippen molar-refractivity contribution in [3.05, 3.63) is 121 Å². The number of benzene rings is 4. The number of hydrogen-bond acceptors (Lipinski definition) is 4. The zero-order valence-electron chi connectivity index (χ0n) is 32.2. The summed E-state index contributed by atoms with van der Waals surface area (Å²) in [5.41, 5.74) is 5.06. The lowest BCUT2D eigenvalue weighted by atomic mass is 10.1. The van der Waals surface area contributed by atoms with Crippen LogP contribution >= 0.6 is 0 Å². The van der Waals surface area contributed by atoms with Crippen molar-refractivity contribution in [1.82, 2.24) is 0 Å². The van der Waals surface area contributed by atoms with Crippen molar-refractivity contribution in [2.45, 2.75) is 110 Å². The smallest absolute Gasteiger partial charge is 0.0575 e. The molecule has 1 fully saturated rings. The zero-order chi connectivity index (χ0) is 35.6. The predicted octanol–water partition coefficient (Wildman–Crippen LogP) is 12.8. The Morgan fingerprint density at radius 3 is 0.980 bits per heavy atom. The molecule has 1 heterocycles. The summed E-state index contributed by atoms with van der Waals surface area (Å²) in [6.45, 7) is 10.5. The Bertz CT molecular complexity index is 1350. The molecule has 1 aliphatic heterocycles. The first-order chi connectivity index (χ1) is 25.3. The average Bonchev–Trinajstić information content (AvgIpc) is 3.19. The summed E-state index contributed by atoms with van der Waals surface area (Å²) >= 11 is 0. The Hall–Kier alpha value is -3.92. The van der Waals surface area contributed by atoms with Crippen LogP contribution in [0.15, 0.2) is 121 Å². The average molecular weight is 689 g/mol. The van der Waals surface area contributed by atoms with Crippen LogP contribution in [0, 0.1) is 0 Å². The molecule has 0 aliphatic carbocycles. The minimum atomic E-state index is 0.913. The zero-order valence-corrected chi connectivity index (χ0v) is 32.2. The molecule has 0 N–H and O–H groups in total. The lowest BCUT2D eigenvalue weighted by Gasteiger charge is -2.41. The van der Waals surface area contributed by atoms with Gasteiger partial charge in [-0.15, -0.1) is 0 Å². The largest absolute Gasteiger partial charge is 0.371 e. The highest BCUT2D eigenvalue weighted by Gasteiger charge is 2.20. The van der Waals surface area contributed by atoms with Crippen molar-refractivity contribution in [1.29, 1.82) is 0 Å². The summed E-state index contributed by atoms with van der Waals surface area (Å²) in [5, 5.41) is 4.95. The van der Waals surface area contributed by atoms with Gasteiger partial charge in [-0.1, -0.05) is 170 Å². The van der Waals surface area contributed by atoms with E-state index in [9.17, 15) is 0 Å². The number of rotatable bonds is 16. The van der Waals surface area contributed by atoms with E-state index in [0.717, 1.165) is 52.1 Å². The molecule has 0 bridgehead atoms. The third-order valence-electron chi connectivity index (χ3n) is 10.1. The molecule has 5 rings (SSSR count). The molecule has 4 nitrogen and oxygen atoms in total. The lowest BCUT2D eigenvalue weighted by molar-refractivity contribution is 0.542. The second-order valence-corrected chi connectivity index (χ2v) is 14.2. The third-order valence-corrected chi connectivity index (χ3v) is 10.1. The van der Waals surface area contributed by atoms with Gasteiger partial charge in [0.1, 0.15) is 0 Å². The second kappa shape index (κ2) is 25.1. The van der Waals surface area contributed by atoms with E-state index in [0.29, 0.717) is 0 Å². The Morgan fingerprint density at radius 2 is 0.608 bits per heavy atom. The van der Waals surface area contributed by atoms with Gasteiger partial charge in [0.15, 0.2) is 0 Å². The van der Waals surface area contributed by atoms with Crippen molar-refractivity contribution in [3.63, 3.8) is 0 Å². The van der Waals surface area contributed by atoms with Gasteiger partial charge in [0.25, 0.3) is 0 Å². The molecule has 4 heteroatoms. The Labute approximate surface area is 312 Å². The van der Waals surface area contributed by atoms with Crippen molar-refractivity contribution < 1.29 is 0 Å². The topological polar surface area (TPSA) is 13.0 Å². The molecule has 0 unspecified atom stereocenters. The summed E-state index contributed by atoms with van der Waals surface area (Å²) in [6.07, 6.45) is 21.1. The van der Waals surface area contributed by atoms with Gasteiger partial charge in [0.2, 0.25) is 0 Å². The molecule has 4 aromatic carbocycles. The van der Waals surface area contributed by atoms with E-state index in [1.54, 1.807) is 0 Å². The van der Waals surface area contributed by atoms with E-state index in [-0.39, 0.29) is 0 Å². The van der Waals surface area contributed by atoms with Gasteiger partial charge in [-0.2, -0.15) is 0 Å². The maximum Gasteiger partial charge on any atom is 0.0575 e. The Morgan fingerprint density at radius 1 is 0.314 bits per heavy atom. The molecule has 0 atom stereocenters. The fraction of sp³-hybridized carbons (Fsp3) is 0.489. The summed E-state index contributed by atoms with van der Waals surface area (Å²) in [4.78, 5) is 5.10. The second-order valence-electron chi connectivity index (χ2n) is 14.2. The number of anilines is 4. The first-order valence-electron chi connectivity index (χ1n) is 20.5. The summed E-state index contributed by atoms with van der Waals surface area (Å²) in [7, 11) is 0. The predicted molar refractivity (Wildman–Crippen MR) is 225 cm³/mol. The number of nitrogens with zero attached hydrogens (tertiary/aromatic N) is 4. The highest BCUT2D eigenvalue weighted by Crippen LogP contribution is 2.25. The van der Waals surface area contributed by atoms with E-state index in [1.807, 2.05) is 0 Å². The molecule has 1 saturated heterocycles.